The van der Waals surface area contributed by atoms with E-state index in [0.29, 0.717) is 17.8 Å². The summed E-state index contributed by atoms with van der Waals surface area (Å²) < 4.78 is 5.24. The van der Waals surface area contributed by atoms with Crippen molar-refractivity contribution >= 4 is 5.91 Å². The molecule has 1 aromatic carbocycles. The van der Waals surface area contributed by atoms with Gasteiger partial charge < -0.3 is 9.32 Å². The highest BCUT2D eigenvalue weighted by Crippen LogP contribution is 2.20. The van der Waals surface area contributed by atoms with Crippen LogP contribution in [0.3, 0.4) is 0 Å². The summed E-state index contributed by atoms with van der Waals surface area (Å²) in [6.07, 6.45) is 1.55. The first-order valence-corrected chi connectivity index (χ1v) is 7.77. The highest BCUT2D eigenvalue weighted by molar-refractivity contribution is 5.91. The Balaban J connectivity index is 1.68. The Labute approximate surface area is 131 Å². The van der Waals surface area contributed by atoms with Gasteiger partial charge in [0.25, 0.3) is 5.91 Å². The quantitative estimate of drug-likeness (QED) is 0.874. The van der Waals surface area contributed by atoms with Crippen LogP contribution >= 0.6 is 0 Å². The van der Waals surface area contributed by atoms with Gasteiger partial charge >= 0.3 is 0 Å². The Morgan fingerprint density at radius 1 is 1.09 bits per heavy atom. The number of carbonyl (C=O) groups excluding carboxylic acids is 1. The first-order chi connectivity index (χ1) is 10.6. The maximum atomic E-state index is 12.4. The Hall–Kier alpha value is -2.07. The fourth-order valence-corrected chi connectivity index (χ4v) is 3.18. The minimum atomic E-state index is -0.0111. The van der Waals surface area contributed by atoms with Gasteiger partial charge in [-0.1, -0.05) is 30.3 Å². The van der Waals surface area contributed by atoms with Crippen molar-refractivity contribution in [1.29, 1.82) is 0 Å². The largest absolute Gasteiger partial charge is 0.459 e. The topological polar surface area (TPSA) is 36.7 Å². The van der Waals surface area contributed by atoms with Gasteiger partial charge in [0.05, 0.1) is 6.26 Å². The first kappa shape index (κ1) is 14.9. The molecule has 1 aliphatic rings. The Morgan fingerprint density at radius 3 is 2.36 bits per heavy atom. The summed E-state index contributed by atoms with van der Waals surface area (Å²) >= 11 is 0. The fourth-order valence-electron chi connectivity index (χ4n) is 3.18. The summed E-state index contributed by atoms with van der Waals surface area (Å²) in [5.41, 5.74) is 1.31. The summed E-state index contributed by atoms with van der Waals surface area (Å²) in [7, 11) is 0. The second kappa shape index (κ2) is 6.36. The molecule has 0 aliphatic carbocycles. The molecule has 3 rings (SSSR count). The van der Waals surface area contributed by atoms with Crippen molar-refractivity contribution < 1.29 is 9.21 Å². The van der Waals surface area contributed by atoms with E-state index < -0.39 is 0 Å². The predicted octanol–water partition coefficient (Wildman–Crippen LogP) is 3.01. The molecule has 1 aliphatic heterocycles. The van der Waals surface area contributed by atoms with Crippen LogP contribution in [0, 0.1) is 0 Å². The lowest BCUT2D eigenvalue weighted by molar-refractivity contribution is 0.0250. The molecule has 2 atom stereocenters. The number of hydrogen-bond acceptors (Lipinski definition) is 3. The smallest absolute Gasteiger partial charge is 0.289 e. The number of hydrogen-bond donors (Lipinski definition) is 0. The van der Waals surface area contributed by atoms with Gasteiger partial charge in [-0.3, -0.25) is 9.69 Å². The van der Waals surface area contributed by atoms with Crippen molar-refractivity contribution in [2.24, 2.45) is 0 Å². The van der Waals surface area contributed by atoms with E-state index >= 15 is 0 Å². The molecule has 1 aromatic heterocycles. The van der Waals surface area contributed by atoms with E-state index in [2.05, 4.69) is 43.0 Å². The Morgan fingerprint density at radius 2 is 1.77 bits per heavy atom. The molecule has 4 heteroatoms. The lowest BCUT2D eigenvalue weighted by Gasteiger charge is -2.44. The number of furan rings is 1. The van der Waals surface area contributed by atoms with Crippen LogP contribution in [-0.4, -0.2) is 40.9 Å². The van der Waals surface area contributed by atoms with Crippen molar-refractivity contribution in [1.82, 2.24) is 9.80 Å². The number of nitrogens with zero attached hydrogens (tertiary/aromatic N) is 2. The predicted molar refractivity (Wildman–Crippen MR) is 85.5 cm³/mol. The van der Waals surface area contributed by atoms with Crippen LogP contribution in [-0.2, 0) is 6.54 Å². The number of piperazine rings is 1. The third-order valence-corrected chi connectivity index (χ3v) is 4.33. The van der Waals surface area contributed by atoms with E-state index in [0.717, 1.165) is 19.6 Å². The molecule has 0 N–H and O–H groups in total. The molecule has 2 aromatic rings. The minimum absolute atomic E-state index is 0.0111. The van der Waals surface area contributed by atoms with E-state index in [1.807, 2.05) is 11.0 Å². The van der Waals surface area contributed by atoms with E-state index in [4.69, 9.17) is 4.42 Å². The maximum Gasteiger partial charge on any atom is 0.289 e. The van der Waals surface area contributed by atoms with Crippen LogP contribution < -0.4 is 0 Å². The Bertz CT molecular complexity index is 597. The first-order valence-electron chi connectivity index (χ1n) is 7.77. The summed E-state index contributed by atoms with van der Waals surface area (Å²) in [5, 5.41) is 0. The minimum Gasteiger partial charge on any atom is -0.459 e. The Kier molecular flexibility index (Phi) is 4.29. The fraction of sp³-hybridized carbons (Fsp3) is 0.389. The zero-order valence-electron chi connectivity index (χ0n) is 13.1. The van der Waals surface area contributed by atoms with Crippen LogP contribution in [0.15, 0.2) is 53.1 Å². The van der Waals surface area contributed by atoms with Gasteiger partial charge in [0.2, 0.25) is 0 Å². The molecule has 116 valence electrons. The number of amides is 1. The lowest BCUT2D eigenvalue weighted by Crippen LogP contribution is -2.57. The second-order valence-electron chi connectivity index (χ2n) is 6.04. The van der Waals surface area contributed by atoms with Crippen LogP contribution in [0.5, 0.6) is 0 Å². The molecular formula is C18H22N2O2. The number of benzene rings is 1. The van der Waals surface area contributed by atoms with Crippen LogP contribution in [0.4, 0.5) is 0 Å². The molecular weight excluding hydrogens is 276 g/mol. The molecule has 0 radical (unpaired) electrons. The lowest BCUT2D eigenvalue weighted by atomic mass is 10.1. The molecule has 4 nitrogen and oxygen atoms in total. The van der Waals surface area contributed by atoms with Crippen LogP contribution in [0.25, 0.3) is 0 Å². The molecule has 1 amide bonds. The van der Waals surface area contributed by atoms with Crippen LogP contribution in [0.1, 0.15) is 30.0 Å². The average Bonchev–Trinajstić information content (AvgIpc) is 3.05. The zero-order valence-corrected chi connectivity index (χ0v) is 13.1. The molecule has 2 heterocycles. The highest BCUT2D eigenvalue weighted by atomic mass is 16.3. The molecule has 1 fully saturated rings. The highest BCUT2D eigenvalue weighted by Gasteiger charge is 2.32. The summed E-state index contributed by atoms with van der Waals surface area (Å²) in [6, 6.07) is 14.6. The van der Waals surface area contributed by atoms with Gasteiger partial charge in [-0.2, -0.15) is 0 Å². The van der Waals surface area contributed by atoms with Gasteiger partial charge in [-0.05, 0) is 31.5 Å². The second-order valence-corrected chi connectivity index (χ2v) is 6.04. The third kappa shape index (κ3) is 3.07. The molecule has 0 saturated carbocycles. The van der Waals surface area contributed by atoms with Crippen molar-refractivity contribution in [3.05, 3.63) is 60.1 Å². The standard InChI is InChI=1S/C18H22N2O2/c1-14-11-19(18(21)17-9-6-10-22-17)12-15(2)20(14)13-16-7-4-3-5-8-16/h3-10,14-15H,11-13H2,1-2H3. The zero-order chi connectivity index (χ0) is 15.5. The molecule has 0 bridgehead atoms. The number of rotatable bonds is 3. The maximum absolute atomic E-state index is 12.4. The molecule has 2 unspecified atom stereocenters. The average molecular weight is 298 g/mol. The summed E-state index contributed by atoms with van der Waals surface area (Å²) in [5.74, 6) is 0.416. The van der Waals surface area contributed by atoms with Gasteiger partial charge in [-0.25, -0.2) is 0 Å². The van der Waals surface area contributed by atoms with E-state index in [1.165, 1.54) is 5.56 Å². The van der Waals surface area contributed by atoms with E-state index in [1.54, 1.807) is 18.4 Å². The van der Waals surface area contributed by atoms with Gasteiger partial charge in [0.15, 0.2) is 5.76 Å². The summed E-state index contributed by atoms with van der Waals surface area (Å²) in [4.78, 5) is 16.8. The SMILES string of the molecule is CC1CN(C(=O)c2ccco2)CC(C)N1Cc1ccccc1. The van der Waals surface area contributed by atoms with Gasteiger partial charge in [0.1, 0.15) is 0 Å². The van der Waals surface area contributed by atoms with Crippen LogP contribution in [0.2, 0.25) is 0 Å². The third-order valence-electron chi connectivity index (χ3n) is 4.33. The van der Waals surface area contributed by atoms with Crippen molar-refractivity contribution in [2.75, 3.05) is 13.1 Å². The van der Waals surface area contributed by atoms with Crippen molar-refractivity contribution in [2.45, 2.75) is 32.5 Å². The molecule has 0 spiro atoms. The van der Waals surface area contributed by atoms with Crippen molar-refractivity contribution in [3.63, 3.8) is 0 Å². The van der Waals surface area contributed by atoms with Gasteiger partial charge in [-0.15, -0.1) is 0 Å². The monoisotopic (exact) mass is 298 g/mol. The summed E-state index contributed by atoms with van der Waals surface area (Å²) in [6.45, 7) is 6.75. The normalized spacial score (nSPS) is 22.7. The molecule has 22 heavy (non-hydrogen) atoms. The number of carbonyl (C=O) groups is 1. The van der Waals surface area contributed by atoms with Crippen molar-refractivity contribution in [3.8, 4) is 0 Å². The molecule has 1 saturated heterocycles. The van der Waals surface area contributed by atoms with Gasteiger partial charge in [0, 0.05) is 31.7 Å². The van der Waals surface area contributed by atoms with E-state index in [-0.39, 0.29) is 5.91 Å². The van der Waals surface area contributed by atoms with E-state index in [9.17, 15) is 4.79 Å².